The molecule has 1 saturated heterocycles. The van der Waals surface area contributed by atoms with Crippen molar-refractivity contribution in [3.63, 3.8) is 0 Å². The van der Waals surface area contributed by atoms with Gasteiger partial charge >= 0.3 is 5.82 Å². The van der Waals surface area contributed by atoms with Crippen molar-refractivity contribution < 1.29 is 22.9 Å². The lowest BCUT2D eigenvalue weighted by Gasteiger charge is -2.26. The highest BCUT2D eigenvalue weighted by Crippen LogP contribution is 2.26. The van der Waals surface area contributed by atoms with Gasteiger partial charge in [0.1, 0.15) is 5.69 Å². The molecule has 24 heavy (non-hydrogen) atoms. The molecule has 0 aliphatic carbocycles. The molecule has 1 aliphatic rings. The molecule has 2 heterocycles. The lowest BCUT2D eigenvalue weighted by molar-refractivity contribution is -0.390. The molecule has 1 aliphatic heterocycles. The van der Waals surface area contributed by atoms with Gasteiger partial charge in [-0.3, -0.25) is 4.79 Å². The summed E-state index contributed by atoms with van der Waals surface area (Å²) in [5.74, 6) is -1.02. The van der Waals surface area contributed by atoms with Crippen LogP contribution in [0.25, 0.3) is 0 Å². The monoisotopic (exact) mass is 357 g/mol. The van der Waals surface area contributed by atoms with Gasteiger partial charge in [0.05, 0.1) is 11.5 Å². The summed E-state index contributed by atoms with van der Waals surface area (Å²) in [5.41, 5.74) is 0.460. The number of amides is 1. The lowest BCUT2D eigenvalue weighted by Crippen LogP contribution is -2.44. The van der Waals surface area contributed by atoms with Crippen LogP contribution in [0.5, 0.6) is 5.75 Å². The standard InChI is InChI=1S/C14H19N3O6S/c1-9-4-5-12(13(15-9)17(19)20)23-10(2)14(18)16(3)11-6-7-24(21,22)8-11/h4-5,10-11H,6-8H2,1-3H3/t10-,11+/m1/s1. The molecule has 2 rings (SSSR count). The minimum atomic E-state index is -3.12. The molecule has 0 saturated carbocycles. The number of hydrogen-bond donors (Lipinski definition) is 0. The zero-order valence-corrected chi connectivity index (χ0v) is 14.4. The van der Waals surface area contributed by atoms with E-state index in [1.54, 1.807) is 13.0 Å². The van der Waals surface area contributed by atoms with E-state index >= 15 is 0 Å². The van der Waals surface area contributed by atoms with Crippen molar-refractivity contribution in [1.82, 2.24) is 9.88 Å². The Hall–Kier alpha value is -2.23. The summed E-state index contributed by atoms with van der Waals surface area (Å²) in [6.45, 7) is 3.07. The molecule has 2 atom stereocenters. The van der Waals surface area contributed by atoms with Crippen molar-refractivity contribution in [3.8, 4) is 5.75 Å². The molecule has 1 fully saturated rings. The summed E-state index contributed by atoms with van der Waals surface area (Å²) >= 11 is 0. The number of nitro groups is 1. The second-order valence-corrected chi connectivity index (χ2v) is 8.03. The summed E-state index contributed by atoms with van der Waals surface area (Å²) in [7, 11) is -1.61. The number of ether oxygens (including phenoxy) is 1. The number of carbonyl (C=O) groups excluding carboxylic acids is 1. The molecular weight excluding hydrogens is 338 g/mol. The van der Waals surface area contributed by atoms with Crippen LogP contribution in [0.1, 0.15) is 19.0 Å². The number of likely N-dealkylation sites (N-methyl/N-ethyl adjacent to an activating group) is 1. The number of pyridine rings is 1. The van der Waals surface area contributed by atoms with E-state index in [2.05, 4.69) is 4.98 Å². The van der Waals surface area contributed by atoms with E-state index in [9.17, 15) is 23.3 Å². The molecule has 0 radical (unpaired) electrons. The van der Waals surface area contributed by atoms with Crippen LogP contribution in [0.2, 0.25) is 0 Å². The highest BCUT2D eigenvalue weighted by molar-refractivity contribution is 7.91. The molecular formula is C14H19N3O6S. The Kier molecular flexibility index (Phi) is 5.07. The average Bonchev–Trinajstić information content (AvgIpc) is 2.87. The van der Waals surface area contributed by atoms with Crippen molar-refractivity contribution in [2.45, 2.75) is 32.4 Å². The van der Waals surface area contributed by atoms with E-state index in [0.717, 1.165) is 0 Å². The molecule has 1 aromatic heterocycles. The van der Waals surface area contributed by atoms with Gasteiger partial charge < -0.3 is 19.8 Å². The average molecular weight is 357 g/mol. The summed E-state index contributed by atoms with van der Waals surface area (Å²) in [6.07, 6.45) is -0.620. The van der Waals surface area contributed by atoms with Gasteiger partial charge in [0.25, 0.3) is 5.91 Å². The van der Waals surface area contributed by atoms with Crippen molar-refractivity contribution >= 4 is 21.6 Å². The first-order valence-electron chi connectivity index (χ1n) is 7.36. The Balaban J connectivity index is 2.11. The van der Waals surface area contributed by atoms with Crippen LogP contribution in [0.3, 0.4) is 0 Å². The number of hydrogen-bond acceptors (Lipinski definition) is 7. The minimum absolute atomic E-state index is 0.0535. The topological polar surface area (TPSA) is 120 Å². The molecule has 9 nitrogen and oxygen atoms in total. The molecule has 0 spiro atoms. The molecule has 1 amide bonds. The van der Waals surface area contributed by atoms with Crippen LogP contribution >= 0.6 is 0 Å². The Morgan fingerprint density at radius 3 is 2.71 bits per heavy atom. The molecule has 0 aromatic carbocycles. The Bertz CT molecular complexity index is 764. The number of aromatic nitrogens is 1. The Morgan fingerprint density at radius 1 is 1.50 bits per heavy atom. The number of nitrogens with zero attached hydrogens (tertiary/aromatic N) is 3. The van der Waals surface area contributed by atoms with Gasteiger partial charge in [0, 0.05) is 20.0 Å². The predicted octanol–water partition coefficient (Wildman–Crippen LogP) is 0.711. The number of aryl methyl sites for hydroxylation is 1. The largest absolute Gasteiger partial charge is 0.473 e. The van der Waals surface area contributed by atoms with E-state index in [-0.39, 0.29) is 17.3 Å². The summed E-state index contributed by atoms with van der Waals surface area (Å²) < 4.78 is 28.5. The quantitative estimate of drug-likeness (QED) is 0.562. The molecule has 132 valence electrons. The highest BCUT2D eigenvalue weighted by atomic mass is 32.2. The first-order chi connectivity index (χ1) is 11.1. The SMILES string of the molecule is Cc1ccc(O[C@H](C)C(=O)N(C)[C@H]2CCS(=O)(=O)C2)c([N+](=O)[O-])n1. The molecule has 0 unspecified atom stereocenters. The molecule has 0 bridgehead atoms. The normalized spacial score (nSPS) is 20.4. The van der Waals surface area contributed by atoms with Crippen molar-refractivity contribution in [2.24, 2.45) is 0 Å². The van der Waals surface area contributed by atoms with Crippen molar-refractivity contribution in [3.05, 3.63) is 27.9 Å². The van der Waals surface area contributed by atoms with Gasteiger partial charge in [0.15, 0.2) is 15.9 Å². The highest BCUT2D eigenvalue weighted by Gasteiger charge is 2.35. The van der Waals surface area contributed by atoms with E-state index < -0.39 is 38.6 Å². The number of sulfone groups is 1. The fourth-order valence-electron chi connectivity index (χ4n) is 2.54. The van der Waals surface area contributed by atoms with Crippen LogP contribution in [0.15, 0.2) is 12.1 Å². The van der Waals surface area contributed by atoms with Crippen LogP contribution in [0, 0.1) is 17.0 Å². The van der Waals surface area contributed by atoms with Crippen LogP contribution < -0.4 is 4.74 Å². The molecule has 0 N–H and O–H groups in total. The van der Waals surface area contributed by atoms with Crippen LogP contribution in [-0.2, 0) is 14.6 Å². The second kappa shape index (κ2) is 6.71. The maximum Gasteiger partial charge on any atom is 0.406 e. The van der Waals surface area contributed by atoms with Gasteiger partial charge in [-0.25, -0.2) is 8.42 Å². The van der Waals surface area contributed by atoms with Gasteiger partial charge in [-0.15, -0.1) is 0 Å². The smallest absolute Gasteiger partial charge is 0.406 e. The summed E-state index contributed by atoms with van der Waals surface area (Å²) in [6, 6.07) is 2.54. The molecule has 10 heteroatoms. The van der Waals surface area contributed by atoms with E-state index in [0.29, 0.717) is 12.1 Å². The van der Waals surface area contributed by atoms with Gasteiger partial charge in [0.2, 0.25) is 5.75 Å². The first-order valence-corrected chi connectivity index (χ1v) is 9.18. The maximum atomic E-state index is 12.4. The van der Waals surface area contributed by atoms with E-state index in [4.69, 9.17) is 4.74 Å². The van der Waals surface area contributed by atoms with Crippen LogP contribution in [-0.4, -0.2) is 59.8 Å². The Morgan fingerprint density at radius 2 is 2.17 bits per heavy atom. The lowest BCUT2D eigenvalue weighted by atomic mass is 10.2. The third kappa shape index (κ3) is 3.99. The fraction of sp³-hybridized carbons (Fsp3) is 0.571. The number of carbonyl (C=O) groups is 1. The van der Waals surface area contributed by atoms with Crippen molar-refractivity contribution in [2.75, 3.05) is 18.6 Å². The maximum absolute atomic E-state index is 12.4. The third-order valence-corrected chi connectivity index (χ3v) is 5.66. The third-order valence-electron chi connectivity index (χ3n) is 3.91. The second-order valence-electron chi connectivity index (χ2n) is 5.80. The summed E-state index contributed by atoms with van der Waals surface area (Å²) in [5, 5.41) is 11.0. The Labute approximate surface area is 139 Å². The number of rotatable bonds is 5. The van der Waals surface area contributed by atoms with Gasteiger partial charge in [-0.05, 0) is 35.4 Å². The van der Waals surface area contributed by atoms with E-state index in [1.165, 1.54) is 24.9 Å². The predicted molar refractivity (Wildman–Crippen MR) is 85.5 cm³/mol. The van der Waals surface area contributed by atoms with E-state index in [1.807, 2.05) is 0 Å². The minimum Gasteiger partial charge on any atom is -0.473 e. The molecule has 1 aromatic rings. The van der Waals surface area contributed by atoms with Crippen LogP contribution in [0.4, 0.5) is 5.82 Å². The zero-order valence-electron chi connectivity index (χ0n) is 13.6. The fourth-order valence-corrected chi connectivity index (χ4v) is 4.32. The van der Waals surface area contributed by atoms with Gasteiger partial charge in [-0.1, -0.05) is 0 Å². The van der Waals surface area contributed by atoms with Crippen molar-refractivity contribution in [1.29, 1.82) is 0 Å². The summed E-state index contributed by atoms with van der Waals surface area (Å²) in [4.78, 5) is 27.9. The first kappa shape index (κ1) is 18.1. The zero-order chi connectivity index (χ0) is 18.1. The van der Waals surface area contributed by atoms with Gasteiger partial charge in [-0.2, -0.15) is 0 Å².